The van der Waals surface area contributed by atoms with Crippen molar-refractivity contribution in [2.24, 2.45) is 0 Å². The van der Waals surface area contributed by atoms with Crippen molar-refractivity contribution in [1.29, 1.82) is 0 Å². The Morgan fingerprint density at radius 3 is 2.45 bits per heavy atom. The van der Waals surface area contributed by atoms with Gasteiger partial charge >= 0.3 is 5.97 Å². The van der Waals surface area contributed by atoms with Gasteiger partial charge in [-0.2, -0.15) is 0 Å². The number of aromatic amines is 1. The van der Waals surface area contributed by atoms with E-state index in [4.69, 9.17) is 9.15 Å². The topological polar surface area (TPSA) is 98.1 Å². The number of benzene rings is 1. The maximum atomic E-state index is 12.7. The first-order chi connectivity index (χ1) is 13.8. The second kappa shape index (κ2) is 8.65. The first-order valence-electron chi connectivity index (χ1n) is 9.24. The van der Waals surface area contributed by atoms with Crippen LogP contribution in [0.4, 0.5) is 0 Å². The molecule has 1 aromatic carbocycles. The Morgan fingerprint density at radius 2 is 1.79 bits per heavy atom. The fourth-order valence-corrected chi connectivity index (χ4v) is 3.89. The number of ether oxygens (including phenoxy) is 1. The van der Waals surface area contributed by atoms with Crippen LogP contribution in [0, 0.1) is 27.7 Å². The van der Waals surface area contributed by atoms with Gasteiger partial charge in [0.15, 0.2) is 5.78 Å². The molecule has 1 N–H and O–H groups in total. The number of aromatic nitrogens is 3. The average molecular weight is 413 g/mol. The molecule has 0 aliphatic rings. The molecule has 3 rings (SSSR count). The predicted molar refractivity (Wildman–Crippen MR) is 110 cm³/mol. The van der Waals surface area contributed by atoms with Crippen molar-refractivity contribution in [3.63, 3.8) is 0 Å². The van der Waals surface area contributed by atoms with Crippen molar-refractivity contribution in [2.75, 3.05) is 12.4 Å². The number of Topliss-reactive ketones (excluding diaryl/α,β-unsaturated/α-hetero) is 1. The minimum absolute atomic E-state index is 0.121. The summed E-state index contributed by atoms with van der Waals surface area (Å²) in [4.78, 5) is 27.7. The second-order valence-electron chi connectivity index (χ2n) is 6.81. The molecular formula is C21H23N3O4S. The summed E-state index contributed by atoms with van der Waals surface area (Å²) < 4.78 is 10.7. The fraction of sp³-hybridized carbons (Fsp3) is 0.333. The number of hydrogen-bond acceptors (Lipinski definition) is 7. The van der Waals surface area contributed by atoms with E-state index >= 15 is 0 Å². The highest BCUT2D eigenvalue weighted by Gasteiger charge is 2.23. The Morgan fingerprint density at radius 1 is 1.10 bits per heavy atom. The molecular weight excluding hydrogens is 390 g/mol. The molecule has 2 heterocycles. The van der Waals surface area contributed by atoms with Gasteiger partial charge in [-0.15, -0.1) is 10.2 Å². The highest BCUT2D eigenvalue weighted by Crippen LogP contribution is 2.27. The predicted octanol–water partition coefficient (Wildman–Crippen LogP) is 4.45. The van der Waals surface area contributed by atoms with E-state index in [9.17, 15) is 9.59 Å². The van der Waals surface area contributed by atoms with Gasteiger partial charge in [-0.25, -0.2) is 4.79 Å². The van der Waals surface area contributed by atoms with Crippen LogP contribution < -0.4 is 0 Å². The maximum Gasteiger partial charge on any atom is 0.355 e. The number of carbonyl (C=O) groups excluding carboxylic acids is 2. The van der Waals surface area contributed by atoms with Gasteiger partial charge in [-0.1, -0.05) is 29.0 Å². The lowest BCUT2D eigenvalue weighted by molar-refractivity contribution is 0.0519. The molecule has 0 saturated carbocycles. The lowest BCUT2D eigenvalue weighted by Gasteiger charge is -2.02. The molecule has 2 aromatic heterocycles. The van der Waals surface area contributed by atoms with Crippen LogP contribution >= 0.6 is 11.8 Å². The smallest absolute Gasteiger partial charge is 0.355 e. The molecule has 0 unspecified atom stereocenters. The second-order valence-corrected chi connectivity index (χ2v) is 7.73. The number of H-pyrrole nitrogens is 1. The third-order valence-electron chi connectivity index (χ3n) is 4.40. The SMILES string of the molecule is CCOC(=O)c1[nH]c(C)c(C(=O)CSc2nnc(-c3cc(C)cc(C)c3)o2)c1C. The van der Waals surface area contributed by atoms with Crippen LogP contribution in [-0.2, 0) is 4.74 Å². The van der Waals surface area contributed by atoms with Crippen LogP contribution in [0.1, 0.15) is 50.2 Å². The van der Waals surface area contributed by atoms with Gasteiger partial charge in [-0.3, -0.25) is 4.79 Å². The Hall–Kier alpha value is -2.87. The lowest BCUT2D eigenvalue weighted by atomic mass is 10.1. The molecule has 152 valence electrons. The fourth-order valence-electron chi connectivity index (χ4n) is 3.26. The van der Waals surface area contributed by atoms with Crippen LogP contribution in [0.5, 0.6) is 0 Å². The molecule has 0 aliphatic heterocycles. The zero-order chi connectivity index (χ0) is 21.1. The number of nitrogens with one attached hydrogen (secondary N) is 1. The molecule has 7 nitrogen and oxygen atoms in total. The van der Waals surface area contributed by atoms with Gasteiger partial charge in [0.1, 0.15) is 5.69 Å². The largest absolute Gasteiger partial charge is 0.461 e. The Balaban J connectivity index is 1.72. The minimum Gasteiger partial charge on any atom is -0.461 e. The maximum absolute atomic E-state index is 12.7. The number of nitrogens with zero attached hydrogens (tertiary/aromatic N) is 2. The van der Waals surface area contributed by atoms with Crippen molar-refractivity contribution >= 4 is 23.5 Å². The quantitative estimate of drug-likeness (QED) is 0.347. The first kappa shape index (κ1) is 20.9. The van der Waals surface area contributed by atoms with Gasteiger partial charge in [0.05, 0.1) is 12.4 Å². The van der Waals surface area contributed by atoms with Crippen molar-refractivity contribution < 1.29 is 18.7 Å². The summed E-state index contributed by atoms with van der Waals surface area (Å²) in [5, 5.41) is 8.44. The summed E-state index contributed by atoms with van der Waals surface area (Å²) in [6.07, 6.45) is 0. The van der Waals surface area contributed by atoms with E-state index in [0.29, 0.717) is 33.6 Å². The summed E-state index contributed by atoms with van der Waals surface area (Å²) in [5.41, 5.74) is 5.11. The molecule has 3 aromatic rings. The number of carbonyl (C=O) groups is 2. The number of ketones is 1. The van der Waals surface area contributed by atoms with Gasteiger partial charge in [0.2, 0.25) is 5.89 Å². The molecule has 0 saturated heterocycles. The number of hydrogen-bond donors (Lipinski definition) is 1. The third-order valence-corrected chi connectivity index (χ3v) is 5.22. The first-order valence-corrected chi connectivity index (χ1v) is 10.2. The molecule has 0 spiro atoms. The van der Waals surface area contributed by atoms with Gasteiger partial charge in [0, 0.05) is 16.8 Å². The number of thioether (sulfide) groups is 1. The molecule has 8 heteroatoms. The summed E-state index contributed by atoms with van der Waals surface area (Å²) in [6, 6.07) is 6.02. The monoisotopic (exact) mass is 413 g/mol. The third kappa shape index (κ3) is 4.59. The Labute approximate surface area is 173 Å². The van der Waals surface area contributed by atoms with Crippen molar-refractivity contribution in [1.82, 2.24) is 15.2 Å². The summed E-state index contributed by atoms with van der Waals surface area (Å²) in [5.74, 6) is -0.0425. The Bertz CT molecular complexity index is 1050. The van der Waals surface area contributed by atoms with Crippen LogP contribution in [0.15, 0.2) is 27.8 Å². The van der Waals surface area contributed by atoms with E-state index in [2.05, 4.69) is 21.2 Å². The zero-order valence-corrected chi connectivity index (χ0v) is 17.9. The van der Waals surface area contributed by atoms with Crippen molar-refractivity contribution in [2.45, 2.75) is 39.8 Å². The van der Waals surface area contributed by atoms with Crippen molar-refractivity contribution in [3.8, 4) is 11.5 Å². The zero-order valence-electron chi connectivity index (χ0n) is 17.1. The lowest BCUT2D eigenvalue weighted by Crippen LogP contribution is -2.08. The van der Waals surface area contributed by atoms with Crippen LogP contribution in [0.2, 0.25) is 0 Å². The molecule has 29 heavy (non-hydrogen) atoms. The van der Waals surface area contributed by atoms with E-state index in [0.717, 1.165) is 16.7 Å². The number of rotatable bonds is 7. The van der Waals surface area contributed by atoms with E-state index in [1.807, 2.05) is 26.0 Å². The highest BCUT2D eigenvalue weighted by molar-refractivity contribution is 7.99. The van der Waals surface area contributed by atoms with Gasteiger partial charge in [-0.05, 0) is 52.3 Å². The minimum atomic E-state index is -0.463. The highest BCUT2D eigenvalue weighted by atomic mass is 32.2. The van der Waals surface area contributed by atoms with Crippen LogP contribution in [0.3, 0.4) is 0 Å². The van der Waals surface area contributed by atoms with E-state index in [-0.39, 0.29) is 18.1 Å². The summed E-state index contributed by atoms with van der Waals surface area (Å²) in [7, 11) is 0. The summed E-state index contributed by atoms with van der Waals surface area (Å²) >= 11 is 1.17. The van der Waals surface area contributed by atoms with E-state index in [1.54, 1.807) is 20.8 Å². The van der Waals surface area contributed by atoms with Gasteiger partial charge < -0.3 is 14.1 Å². The molecule has 0 fully saturated rings. The van der Waals surface area contributed by atoms with Crippen LogP contribution in [0.25, 0.3) is 11.5 Å². The standard InChI is InChI=1S/C21H23N3O4S/c1-6-27-20(26)18-13(4)17(14(5)22-18)16(25)10-29-21-24-23-19(28-21)15-8-11(2)7-12(3)9-15/h7-9,22H,6,10H2,1-5H3. The molecule has 0 amide bonds. The van der Waals surface area contributed by atoms with E-state index in [1.165, 1.54) is 11.8 Å². The molecule has 0 radical (unpaired) electrons. The number of aryl methyl sites for hydroxylation is 3. The van der Waals surface area contributed by atoms with Crippen molar-refractivity contribution in [3.05, 3.63) is 51.8 Å². The Kier molecular flexibility index (Phi) is 6.22. The van der Waals surface area contributed by atoms with Gasteiger partial charge in [0.25, 0.3) is 5.22 Å². The number of esters is 1. The average Bonchev–Trinajstić information content (AvgIpc) is 3.24. The summed E-state index contributed by atoms with van der Waals surface area (Å²) in [6.45, 7) is 9.52. The van der Waals surface area contributed by atoms with E-state index < -0.39 is 5.97 Å². The molecule has 0 bridgehead atoms. The molecule has 0 atom stereocenters. The van der Waals surface area contributed by atoms with Crippen LogP contribution in [-0.4, -0.2) is 39.3 Å². The molecule has 0 aliphatic carbocycles. The normalized spacial score (nSPS) is 10.9.